The standard InChI is InChI=1S/C15H24N2O2/c1-3-5-10-19-14-8-6-12(11-13(14)16)7-9-15(18)17-4-2/h6,8,11H,3-5,7,9-10,16H2,1-2H3,(H,17,18). The first-order valence-corrected chi connectivity index (χ1v) is 6.95. The molecule has 0 saturated heterocycles. The second kappa shape index (κ2) is 8.40. The molecule has 1 amide bonds. The van der Waals surface area contributed by atoms with Crippen LogP contribution in [0.25, 0.3) is 0 Å². The number of ether oxygens (including phenoxy) is 1. The summed E-state index contributed by atoms with van der Waals surface area (Å²) in [5.74, 6) is 0.805. The minimum Gasteiger partial charge on any atom is -0.491 e. The van der Waals surface area contributed by atoms with Gasteiger partial charge in [-0.1, -0.05) is 19.4 Å². The molecule has 0 saturated carbocycles. The Morgan fingerprint density at radius 1 is 1.37 bits per heavy atom. The zero-order chi connectivity index (χ0) is 14.1. The van der Waals surface area contributed by atoms with E-state index in [1.54, 1.807) is 0 Å². The second-order valence-corrected chi connectivity index (χ2v) is 4.53. The Morgan fingerprint density at radius 3 is 2.79 bits per heavy atom. The summed E-state index contributed by atoms with van der Waals surface area (Å²) in [7, 11) is 0. The van der Waals surface area contributed by atoms with E-state index in [2.05, 4.69) is 12.2 Å². The lowest BCUT2D eigenvalue weighted by atomic mass is 10.1. The van der Waals surface area contributed by atoms with Gasteiger partial charge in [-0.2, -0.15) is 0 Å². The highest BCUT2D eigenvalue weighted by Crippen LogP contribution is 2.23. The van der Waals surface area contributed by atoms with Gasteiger partial charge < -0.3 is 15.8 Å². The number of carbonyl (C=O) groups excluding carboxylic acids is 1. The normalized spacial score (nSPS) is 10.2. The molecule has 1 aromatic rings. The van der Waals surface area contributed by atoms with Crippen LogP contribution in [0.4, 0.5) is 5.69 Å². The first-order chi connectivity index (χ1) is 9.17. The summed E-state index contributed by atoms with van der Waals surface area (Å²) in [5, 5.41) is 2.78. The number of hydrogen-bond donors (Lipinski definition) is 2. The van der Waals surface area contributed by atoms with Gasteiger partial charge in [0, 0.05) is 13.0 Å². The molecule has 0 aromatic heterocycles. The van der Waals surface area contributed by atoms with Gasteiger partial charge in [-0.25, -0.2) is 0 Å². The molecule has 0 radical (unpaired) electrons. The summed E-state index contributed by atoms with van der Waals surface area (Å²) in [4.78, 5) is 11.4. The van der Waals surface area contributed by atoms with Crippen LogP contribution in [0.1, 0.15) is 38.7 Å². The molecule has 19 heavy (non-hydrogen) atoms. The van der Waals surface area contributed by atoms with Crippen molar-refractivity contribution < 1.29 is 9.53 Å². The molecule has 0 bridgehead atoms. The molecule has 106 valence electrons. The molecule has 4 nitrogen and oxygen atoms in total. The smallest absolute Gasteiger partial charge is 0.220 e. The second-order valence-electron chi connectivity index (χ2n) is 4.53. The van der Waals surface area contributed by atoms with E-state index in [-0.39, 0.29) is 5.91 Å². The van der Waals surface area contributed by atoms with Crippen molar-refractivity contribution in [3.8, 4) is 5.75 Å². The zero-order valence-electron chi connectivity index (χ0n) is 11.9. The molecule has 0 aliphatic rings. The van der Waals surface area contributed by atoms with Gasteiger partial charge in [0.2, 0.25) is 5.91 Å². The lowest BCUT2D eigenvalue weighted by molar-refractivity contribution is -0.120. The molecule has 0 atom stereocenters. The van der Waals surface area contributed by atoms with Crippen molar-refractivity contribution in [1.82, 2.24) is 5.32 Å². The molecule has 4 heteroatoms. The summed E-state index contributed by atoms with van der Waals surface area (Å²) in [6.45, 7) is 5.40. The number of benzene rings is 1. The van der Waals surface area contributed by atoms with Crippen molar-refractivity contribution in [2.75, 3.05) is 18.9 Å². The first kappa shape index (κ1) is 15.3. The Morgan fingerprint density at radius 2 is 2.16 bits per heavy atom. The van der Waals surface area contributed by atoms with E-state index >= 15 is 0 Å². The van der Waals surface area contributed by atoms with Gasteiger partial charge in [0.05, 0.1) is 12.3 Å². The van der Waals surface area contributed by atoms with Crippen LogP contribution in [0, 0.1) is 0 Å². The number of hydrogen-bond acceptors (Lipinski definition) is 3. The lowest BCUT2D eigenvalue weighted by Crippen LogP contribution is -2.22. The van der Waals surface area contributed by atoms with Crippen LogP contribution in [-0.2, 0) is 11.2 Å². The van der Waals surface area contributed by atoms with E-state index in [1.807, 2.05) is 25.1 Å². The Balaban J connectivity index is 2.49. The number of aryl methyl sites for hydroxylation is 1. The highest BCUT2D eigenvalue weighted by molar-refractivity contribution is 5.76. The number of nitrogens with one attached hydrogen (secondary N) is 1. The molecule has 0 spiro atoms. The minimum atomic E-state index is 0.0735. The summed E-state index contributed by atoms with van der Waals surface area (Å²) < 4.78 is 5.59. The third kappa shape index (κ3) is 5.64. The van der Waals surface area contributed by atoms with E-state index < -0.39 is 0 Å². The van der Waals surface area contributed by atoms with Crippen molar-refractivity contribution in [2.45, 2.75) is 39.5 Å². The van der Waals surface area contributed by atoms with Crippen LogP contribution in [0.2, 0.25) is 0 Å². The summed E-state index contributed by atoms with van der Waals surface area (Å²) >= 11 is 0. The van der Waals surface area contributed by atoms with Gasteiger partial charge in [0.1, 0.15) is 5.75 Å². The maximum Gasteiger partial charge on any atom is 0.220 e. The van der Waals surface area contributed by atoms with Crippen LogP contribution >= 0.6 is 0 Å². The van der Waals surface area contributed by atoms with Crippen molar-refractivity contribution >= 4 is 11.6 Å². The highest BCUT2D eigenvalue weighted by atomic mass is 16.5. The fourth-order valence-corrected chi connectivity index (χ4v) is 1.75. The largest absolute Gasteiger partial charge is 0.491 e. The fourth-order valence-electron chi connectivity index (χ4n) is 1.75. The van der Waals surface area contributed by atoms with Crippen LogP contribution in [0.15, 0.2) is 18.2 Å². The van der Waals surface area contributed by atoms with Crippen molar-refractivity contribution in [2.24, 2.45) is 0 Å². The Kier molecular flexibility index (Phi) is 6.79. The molecule has 3 N–H and O–H groups in total. The lowest BCUT2D eigenvalue weighted by Gasteiger charge is -2.10. The number of anilines is 1. The quantitative estimate of drug-likeness (QED) is 0.560. The Hall–Kier alpha value is -1.71. The van der Waals surface area contributed by atoms with Gasteiger partial charge in [-0.15, -0.1) is 0 Å². The molecular weight excluding hydrogens is 240 g/mol. The fraction of sp³-hybridized carbons (Fsp3) is 0.533. The van der Waals surface area contributed by atoms with Gasteiger partial charge >= 0.3 is 0 Å². The maximum atomic E-state index is 11.4. The van der Waals surface area contributed by atoms with Gasteiger partial charge in [-0.3, -0.25) is 4.79 Å². The van der Waals surface area contributed by atoms with Crippen LogP contribution in [0.3, 0.4) is 0 Å². The van der Waals surface area contributed by atoms with E-state index in [0.717, 1.165) is 24.2 Å². The van der Waals surface area contributed by atoms with Gasteiger partial charge in [0.25, 0.3) is 0 Å². The molecular formula is C15H24N2O2. The number of nitrogens with two attached hydrogens (primary N) is 1. The summed E-state index contributed by atoms with van der Waals surface area (Å²) in [6, 6.07) is 5.75. The predicted molar refractivity (Wildman–Crippen MR) is 78.3 cm³/mol. The van der Waals surface area contributed by atoms with Crippen LogP contribution < -0.4 is 15.8 Å². The monoisotopic (exact) mass is 264 g/mol. The van der Waals surface area contributed by atoms with Crippen molar-refractivity contribution in [3.63, 3.8) is 0 Å². The van der Waals surface area contributed by atoms with Crippen molar-refractivity contribution in [1.29, 1.82) is 0 Å². The van der Waals surface area contributed by atoms with E-state index in [4.69, 9.17) is 10.5 Å². The Labute approximate surface area is 115 Å². The number of amides is 1. The SMILES string of the molecule is CCCCOc1ccc(CCC(=O)NCC)cc1N. The average molecular weight is 264 g/mol. The number of nitrogen functional groups attached to an aromatic ring is 1. The summed E-state index contributed by atoms with van der Waals surface area (Å²) in [5.41, 5.74) is 7.65. The maximum absolute atomic E-state index is 11.4. The molecule has 0 aliphatic heterocycles. The third-order valence-corrected chi connectivity index (χ3v) is 2.84. The number of rotatable bonds is 8. The topological polar surface area (TPSA) is 64.3 Å². The summed E-state index contributed by atoms with van der Waals surface area (Å²) in [6.07, 6.45) is 3.32. The highest BCUT2D eigenvalue weighted by Gasteiger charge is 2.04. The van der Waals surface area contributed by atoms with Crippen molar-refractivity contribution in [3.05, 3.63) is 23.8 Å². The van der Waals surface area contributed by atoms with E-state index in [9.17, 15) is 4.79 Å². The molecule has 1 rings (SSSR count). The molecule has 0 fully saturated rings. The number of carbonyl (C=O) groups is 1. The predicted octanol–water partition coefficient (Wildman–Crippen LogP) is 2.52. The Bertz CT molecular complexity index is 405. The van der Waals surface area contributed by atoms with E-state index in [1.165, 1.54) is 0 Å². The van der Waals surface area contributed by atoms with Gasteiger partial charge in [0.15, 0.2) is 0 Å². The average Bonchev–Trinajstić information content (AvgIpc) is 2.39. The van der Waals surface area contributed by atoms with Crippen LogP contribution in [-0.4, -0.2) is 19.1 Å². The minimum absolute atomic E-state index is 0.0735. The molecule has 0 aliphatic carbocycles. The van der Waals surface area contributed by atoms with Crippen LogP contribution in [0.5, 0.6) is 5.75 Å². The first-order valence-electron chi connectivity index (χ1n) is 6.95. The molecule has 0 heterocycles. The zero-order valence-corrected chi connectivity index (χ0v) is 11.9. The van der Waals surface area contributed by atoms with E-state index in [0.29, 0.717) is 31.7 Å². The van der Waals surface area contributed by atoms with Gasteiger partial charge in [-0.05, 0) is 37.5 Å². The molecule has 0 unspecified atom stereocenters. The molecule has 1 aromatic carbocycles. The number of unbranched alkanes of at least 4 members (excludes halogenated alkanes) is 1. The third-order valence-electron chi connectivity index (χ3n) is 2.84.